The Kier molecular flexibility index (Phi) is 3.00. The Hall–Kier alpha value is -2.38. The maximum Gasteiger partial charge on any atom is 0.435 e. The number of hydrogen-bond acceptors (Lipinski definition) is 4. The molecule has 0 saturated carbocycles. The molecule has 2 aromatic heterocycles. The summed E-state index contributed by atoms with van der Waals surface area (Å²) in [4.78, 5) is 3.89. The molecule has 0 aliphatic rings. The van der Waals surface area contributed by atoms with Crippen molar-refractivity contribution >= 4 is 6.21 Å². The highest BCUT2D eigenvalue weighted by Gasteiger charge is 2.33. The van der Waals surface area contributed by atoms with E-state index in [1.807, 2.05) is 0 Å². The molecule has 0 bridgehead atoms. The van der Waals surface area contributed by atoms with Crippen LogP contribution in [0.25, 0.3) is 5.82 Å². The van der Waals surface area contributed by atoms with Crippen molar-refractivity contribution in [1.82, 2.24) is 14.8 Å². The fourth-order valence-corrected chi connectivity index (χ4v) is 1.28. The molecule has 94 valence electrons. The molecule has 0 radical (unpaired) electrons. The predicted octanol–water partition coefficient (Wildman–Crippen LogP) is 2.09. The summed E-state index contributed by atoms with van der Waals surface area (Å²) in [6.45, 7) is 0. The van der Waals surface area contributed by atoms with Crippen molar-refractivity contribution in [3.63, 3.8) is 0 Å². The van der Waals surface area contributed by atoms with Gasteiger partial charge in [-0.15, -0.1) is 0 Å². The van der Waals surface area contributed by atoms with Gasteiger partial charge in [-0.1, -0.05) is 5.16 Å². The molecule has 5 nitrogen and oxygen atoms in total. The van der Waals surface area contributed by atoms with Crippen LogP contribution in [0.1, 0.15) is 11.3 Å². The highest BCUT2D eigenvalue weighted by molar-refractivity contribution is 5.78. The van der Waals surface area contributed by atoms with Crippen molar-refractivity contribution in [2.75, 3.05) is 0 Å². The van der Waals surface area contributed by atoms with E-state index in [0.29, 0.717) is 5.56 Å². The van der Waals surface area contributed by atoms with Crippen LogP contribution in [0, 0.1) is 0 Å². The van der Waals surface area contributed by atoms with Gasteiger partial charge >= 0.3 is 6.18 Å². The predicted molar refractivity (Wildman–Crippen MR) is 55.7 cm³/mol. The zero-order valence-electron chi connectivity index (χ0n) is 8.83. The fourth-order valence-electron chi connectivity index (χ4n) is 1.28. The molecule has 0 aliphatic heterocycles. The molecule has 0 fully saturated rings. The second-order valence-corrected chi connectivity index (χ2v) is 3.34. The fraction of sp³-hybridized carbons (Fsp3) is 0.100. The molecule has 2 heterocycles. The van der Waals surface area contributed by atoms with Gasteiger partial charge in [0.2, 0.25) is 0 Å². The molecule has 18 heavy (non-hydrogen) atoms. The van der Waals surface area contributed by atoms with Gasteiger partial charge in [-0.05, 0) is 18.2 Å². The van der Waals surface area contributed by atoms with Crippen molar-refractivity contribution in [2.24, 2.45) is 5.16 Å². The van der Waals surface area contributed by atoms with Crippen LogP contribution in [0.3, 0.4) is 0 Å². The Morgan fingerprint density at radius 3 is 2.56 bits per heavy atom. The Bertz CT molecular complexity index is 559. The van der Waals surface area contributed by atoms with Crippen LogP contribution in [0.2, 0.25) is 0 Å². The van der Waals surface area contributed by atoms with Gasteiger partial charge in [-0.25, -0.2) is 9.67 Å². The van der Waals surface area contributed by atoms with Crippen LogP contribution < -0.4 is 0 Å². The van der Waals surface area contributed by atoms with Crippen LogP contribution in [-0.2, 0) is 6.18 Å². The quantitative estimate of drug-likeness (QED) is 0.508. The molecule has 0 spiro atoms. The summed E-state index contributed by atoms with van der Waals surface area (Å²) in [7, 11) is 0. The lowest BCUT2D eigenvalue weighted by atomic mass is 10.3. The number of nitrogens with zero attached hydrogens (tertiary/aromatic N) is 4. The first-order valence-electron chi connectivity index (χ1n) is 4.77. The van der Waals surface area contributed by atoms with E-state index in [1.165, 1.54) is 24.5 Å². The van der Waals surface area contributed by atoms with Crippen LogP contribution >= 0.6 is 0 Å². The average Bonchev–Trinajstić information content (AvgIpc) is 2.79. The largest absolute Gasteiger partial charge is 0.435 e. The number of pyridine rings is 1. The summed E-state index contributed by atoms with van der Waals surface area (Å²) >= 11 is 0. The topological polar surface area (TPSA) is 63.3 Å². The van der Waals surface area contributed by atoms with E-state index in [4.69, 9.17) is 5.21 Å². The molecule has 0 aliphatic carbocycles. The first-order valence-corrected chi connectivity index (χ1v) is 4.77. The first-order chi connectivity index (χ1) is 8.50. The Morgan fingerprint density at radius 2 is 2.06 bits per heavy atom. The van der Waals surface area contributed by atoms with Crippen LogP contribution in [0.15, 0.2) is 35.7 Å². The van der Waals surface area contributed by atoms with E-state index >= 15 is 0 Å². The molecular weight excluding hydrogens is 249 g/mol. The number of alkyl halides is 3. The minimum atomic E-state index is -4.48. The lowest BCUT2D eigenvalue weighted by Gasteiger charge is -2.02. The molecule has 0 amide bonds. The second kappa shape index (κ2) is 4.47. The number of aromatic nitrogens is 3. The summed E-state index contributed by atoms with van der Waals surface area (Å²) in [5.41, 5.74) is -0.463. The molecule has 0 atom stereocenters. The highest BCUT2D eigenvalue weighted by Crippen LogP contribution is 2.27. The third kappa shape index (κ3) is 2.47. The Morgan fingerprint density at radius 1 is 1.28 bits per heavy atom. The zero-order valence-corrected chi connectivity index (χ0v) is 8.83. The summed E-state index contributed by atoms with van der Waals surface area (Å²) in [6.07, 6.45) is -0.801. The summed E-state index contributed by atoms with van der Waals surface area (Å²) in [6, 6.07) is 3.87. The Labute approximate surface area is 99.2 Å². The number of oxime groups is 1. The van der Waals surface area contributed by atoms with Gasteiger partial charge < -0.3 is 5.21 Å². The van der Waals surface area contributed by atoms with Crippen LogP contribution in [0.5, 0.6) is 0 Å². The lowest BCUT2D eigenvalue weighted by Crippen LogP contribution is -2.07. The molecule has 0 unspecified atom stereocenters. The average molecular weight is 256 g/mol. The van der Waals surface area contributed by atoms with Crippen molar-refractivity contribution in [2.45, 2.75) is 6.18 Å². The standard InChI is InChI=1S/C10H7F3N4O/c11-10(12,13)8-3-4-17(16-8)9-2-1-7(5-14-9)6-15-18/h1-6,18H/b15-6+. The van der Waals surface area contributed by atoms with E-state index in [1.54, 1.807) is 0 Å². The smallest absolute Gasteiger partial charge is 0.411 e. The third-order valence-corrected chi connectivity index (χ3v) is 2.09. The van der Waals surface area contributed by atoms with E-state index in [-0.39, 0.29) is 5.82 Å². The third-order valence-electron chi connectivity index (χ3n) is 2.09. The van der Waals surface area contributed by atoms with Crippen molar-refractivity contribution < 1.29 is 18.4 Å². The van der Waals surface area contributed by atoms with Gasteiger partial charge in [0.05, 0.1) is 6.21 Å². The molecule has 0 aromatic carbocycles. The highest BCUT2D eigenvalue weighted by atomic mass is 19.4. The lowest BCUT2D eigenvalue weighted by molar-refractivity contribution is -0.141. The zero-order chi connectivity index (χ0) is 13.2. The normalized spacial score (nSPS) is 12.2. The summed E-state index contributed by atoms with van der Waals surface area (Å²) in [5, 5.41) is 14.5. The molecular formula is C10H7F3N4O. The number of rotatable bonds is 2. The molecule has 2 rings (SSSR count). The molecule has 1 N–H and O–H groups in total. The maximum atomic E-state index is 12.3. The van der Waals surface area contributed by atoms with Gasteiger partial charge in [0.15, 0.2) is 11.5 Å². The van der Waals surface area contributed by atoms with Crippen LogP contribution in [-0.4, -0.2) is 26.2 Å². The van der Waals surface area contributed by atoms with Crippen molar-refractivity contribution in [3.05, 3.63) is 41.9 Å². The van der Waals surface area contributed by atoms with Crippen molar-refractivity contribution in [1.29, 1.82) is 0 Å². The van der Waals surface area contributed by atoms with E-state index in [0.717, 1.165) is 17.0 Å². The number of halogens is 3. The van der Waals surface area contributed by atoms with E-state index in [2.05, 4.69) is 15.2 Å². The monoisotopic (exact) mass is 256 g/mol. The van der Waals surface area contributed by atoms with E-state index < -0.39 is 11.9 Å². The minimum Gasteiger partial charge on any atom is -0.411 e. The first kappa shape index (κ1) is 12.1. The van der Waals surface area contributed by atoms with Crippen LogP contribution in [0.4, 0.5) is 13.2 Å². The van der Waals surface area contributed by atoms with Crippen molar-refractivity contribution in [3.8, 4) is 5.82 Å². The SMILES string of the molecule is O/N=C/c1ccc(-n2ccc(C(F)(F)F)n2)nc1. The van der Waals surface area contributed by atoms with Gasteiger partial charge in [-0.2, -0.15) is 18.3 Å². The minimum absolute atomic E-state index is 0.237. The van der Waals surface area contributed by atoms with Gasteiger partial charge in [-0.3, -0.25) is 0 Å². The summed E-state index contributed by atoms with van der Waals surface area (Å²) < 4.78 is 38.0. The maximum absolute atomic E-state index is 12.3. The molecule has 0 saturated heterocycles. The van der Waals surface area contributed by atoms with Gasteiger partial charge in [0.25, 0.3) is 0 Å². The van der Waals surface area contributed by atoms with E-state index in [9.17, 15) is 13.2 Å². The Balaban J connectivity index is 2.29. The second-order valence-electron chi connectivity index (χ2n) is 3.34. The van der Waals surface area contributed by atoms with Gasteiger partial charge in [0, 0.05) is 18.0 Å². The number of hydrogen-bond donors (Lipinski definition) is 1. The molecule has 8 heteroatoms. The summed E-state index contributed by atoms with van der Waals surface area (Å²) in [5.74, 6) is 0.237. The molecule has 2 aromatic rings. The van der Waals surface area contributed by atoms with Gasteiger partial charge in [0.1, 0.15) is 0 Å².